The predicted molar refractivity (Wildman–Crippen MR) is 78.2 cm³/mol. The van der Waals surface area contributed by atoms with Crippen LogP contribution in [0.25, 0.3) is 0 Å². The number of likely N-dealkylation sites (tertiary alicyclic amines) is 1. The maximum absolute atomic E-state index is 12.2. The molecule has 1 N–H and O–H groups in total. The maximum atomic E-state index is 12.2. The molecule has 21 heavy (non-hydrogen) atoms. The first-order valence-corrected chi connectivity index (χ1v) is 6.89. The van der Waals surface area contributed by atoms with Crippen LogP contribution in [0.1, 0.15) is 12.8 Å². The van der Waals surface area contributed by atoms with Crippen LogP contribution >= 0.6 is 0 Å². The summed E-state index contributed by atoms with van der Waals surface area (Å²) in [4.78, 5) is 25.7. The average Bonchev–Trinajstić information content (AvgIpc) is 2.46. The lowest BCUT2D eigenvalue weighted by molar-refractivity contribution is -0.384. The number of likely N-dealkylation sites (N-methyl/N-ethyl adjacent to an activating group) is 1. The Morgan fingerprint density at radius 1 is 1.48 bits per heavy atom. The van der Waals surface area contributed by atoms with E-state index in [4.69, 9.17) is 0 Å². The molecule has 7 nitrogen and oxygen atoms in total. The van der Waals surface area contributed by atoms with Crippen LogP contribution < -0.4 is 4.90 Å². The van der Waals surface area contributed by atoms with Crippen molar-refractivity contribution in [2.24, 2.45) is 0 Å². The number of β-amino-alcohol motifs (C(OH)–C–C–N with tert-alkyl or cyclic N) is 1. The minimum atomic E-state index is -0.472. The summed E-state index contributed by atoms with van der Waals surface area (Å²) in [6.45, 7) is 1.56. The van der Waals surface area contributed by atoms with Crippen molar-refractivity contribution in [2.75, 3.05) is 31.6 Å². The summed E-state index contributed by atoms with van der Waals surface area (Å²) in [5.74, 6) is -0.0991. The maximum Gasteiger partial charge on any atom is 0.269 e. The molecule has 0 aromatic heterocycles. The molecular formula is C14H19N3O4. The van der Waals surface area contributed by atoms with Gasteiger partial charge in [-0.2, -0.15) is 0 Å². The number of hydrogen-bond donors (Lipinski definition) is 1. The summed E-state index contributed by atoms with van der Waals surface area (Å²) in [7, 11) is 1.64. The van der Waals surface area contributed by atoms with Gasteiger partial charge in [0.05, 0.1) is 17.6 Å². The Morgan fingerprint density at radius 3 is 2.71 bits per heavy atom. The minimum absolute atomic E-state index is 0.00116. The molecule has 1 heterocycles. The van der Waals surface area contributed by atoms with Crippen molar-refractivity contribution in [1.29, 1.82) is 0 Å². The number of non-ortho nitro benzene ring substituents is 1. The summed E-state index contributed by atoms with van der Waals surface area (Å²) in [5, 5.41) is 20.2. The molecule has 2 rings (SSSR count). The van der Waals surface area contributed by atoms with Crippen molar-refractivity contribution in [3.8, 4) is 0 Å². The lowest BCUT2D eigenvalue weighted by Crippen LogP contribution is -2.44. The zero-order valence-corrected chi connectivity index (χ0v) is 11.9. The lowest BCUT2D eigenvalue weighted by Gasteiger charge is -2.30. The topological polar surface area (TPSA) is 86.9 Å². The molecule has 0 aliphatic carbocycles. The molecule has 1 aliphatic rings. The number of piperidine rings is 1. The van der Waals surface area contributed by atoms with Crippen LogP contribution in [0.15, 0.2) is 24.3 Å². The number of nitro groups is 1. The Hall–Kier alpha value is -1.99. The summed E-state index contributed by atoms with van der Waals surface area (Å²) in [5.41, 5.74) is 0.613. The zero-order valence-electron chi connectivity index (χ0n) is 11.9. The fraction of sp³-hybridized carbons (Fsp3) is 0.500. The van der Waals surface area contributed by atoms with Crippen molar-refractivity contribution in [1.82, 2.24) is 4.90 Å². The van der Waals surface area contributed by atoms with Crippen LogP contribution in [-0.2, 0) is 4.79 Å². The van der Waals surface area contributed by atoms with Gasteiger partial charge in [0.2, 0.25) is 5.91 Å². The number of benzene rings is 1. The first-order valence-electron chi connectivity index (χ1n) is 6.89. The first-order chi connectivity index (χ1) is 9.97. The predicted octanol–water partition coefficient (Wildman–Crippen LogP) is 1.01. The van der Waals surface area contributed by atoms with Crippen molar-refractivity contribution in [2.45, 2.75) is 18.9 Å². The Balaban J connectivity index is 1.96. The van der Waals surface area contributed by atoms with Gasteiger partial charge in [-0.15, -0.1) is 0 Å². The average molecular weight is 293 g/mol. The number of nitro benzene ring substituents is 1. The highest BCUT2D eigenvalue weighted by Gasteiger charge is 2.21. The number of anilines is 1. The molecule has 1 amide bonds. The van der Waals surface area contributed by atoms with Gasteiger partial charge in [0, 0.05) is 31.4 Å². The van der Waals surface area contributed by atoms with Crippen LogP contribution in [0.4, 0.5) is 11.4 Å². The summed E-state index contributed by atoms with van der Waals surface area (Å²) in [6, 6.07) is 5.87. The van der Waals surface area contributed by atoms with Crippen LogP contribution in [0, 0.1) is 10.1 Å². The third-order valence-electron chi connectivity index (χ3n) is 3.66. The van der Waals surface area contributed by atoms with E-state index in [0.29, 0.717) is 12.2 Å². The second-order valence-electron chi connectivity index (χ2n) is 5.26. The van der Waals surface area contributed by atoms with Crippen LogP contribution in [0.3, 0.4) is 0 Å². The van der Waals surface area contributed by atoms with Gasteiger partial charge in [0.15, 0.2) is 0 Å². The third kappa shape index (κ3) is 3.99. The quantitative estimate of drug-likeness (QED) is 0.661. The third-order valence-corrected chi connectivity index (χ3v) is 3.66. The van der Waals surface area contributed by atoms with Crippen LogP contribution in [0.2, 0.25) is 0 Å². The van der Waals surface area contributed by atoms with E-state index in [2.05, 4.69) is 0 Å². The Kier molecular flexibility index (Phi) is 4.87. The van der Waals surface area contributed by atoms with E-state index in [1.165, 1.54) is 17.0 Å². The monoisotopic (exact) mass is 293 g/mol. The molecular weight excluding hydrogens is 274 g/mol. The molecule has 1 aromatic carbocycles. The highest BCUT2D eigenvalue weighted by molar-refractivity contribution is 5.94. The standard InChI is InChI=1S/C14H19N3O4/c1-15(11-4-6-12(7-5-11)17(20)21)14(19)10-16-8-2-3-13(18)9-16/h4-7,13,18H,2-3,8-10H2,1H3. The van der Waals surface area contributed by atoms with E-state index in [1.807, 2.05) is 4.90 Å². The number of rotatable bonds is 4. The van der Waals surface area contributed by atoms with Gasteiger partial charge in [-0.05, 0) is 31.5 Å². The zero-order chi connectivity index (χ0) is 15.4. The fourth-order valence-electron chi connectivity index (χ4n) is 2.41. The largest absolute Gasteiger partial charge is 0.392 e. The number of nitrogens with zero attached hydrogens (tertiary/aromatic N) is 3. The van der Waals surface area contributed by atoms with E-state index in [9.17, 15) is 20.0 Å². The summed E-state index contributed by atoms with van der Waals surface area (Å²) in [6.07, 6.45) is 1.30. The van der Waals surface area contributed by atoms with Gasteiger partial charge in [0.1, 0.15) is 0 Å². The number of aliphatic hydroxyl groups excluding tert-OH is 1. The van der Waals surface area contributed by atoms with E-state index in [-0.39, 0.29) is 24.2 Å². The van der Waals surface area contributed by atoms with Gasteiger partial charge < -0.3 is 10.0 Å². The van der Waals surface area contributed by atoms with Crippen LogP contribution in [-0.4, -0.2) is 53.6 Å². The molecule has 1 fully saturated rings. The number of carbonyl (C=O) groups excluding carboxylic acids is 1. The molecule has 114 valence electrons. The van der Waals surface area contributed by atoms with Crippen molar-refractivity contribution >= 4 is 17.3 Å². The van der Waals surface area contributed by atoms with Crippen molar-refractivity contribution in [3.05, 3.63) is 34.4 Å². The van der Waals surface area contributed by atoms with Crippen molar-refractivity contribution in [3.63, 3.8) is 0 Å². The fourth-order valence-corrected chi connectivity index (χ4v) is 2.41. The van der Waals surface area contributed by atoms with E-state index in [1.54, 1.807) is 19.2 Å². The van der Waals surface area contributed by atoms with E-state index >= 15 is 0 Å². The molecule has 0 spiro atoms. The van der Waals surface area contributed by atoms with Gasteiger partial charge in [-0.3, -0.25) is 19.8 Å². The Bertz CT molecular complexity index is 517. The smallest absolute Gasteiger partial charge is 0.269 e. The lowest BCUT2D eigenvalue weighted by atomic mass is 10.1. The molecule has 0 bridgehead atoms. The molecule has 7 heteroatoms. The SMILES string of the molecule is CN(C(=O)CN1CCCC(O)C1)c1ccc([N+](=O)[O-])cc1. The molecule has 0 saturated carbocycles. The van der Waals surface area contributed by atoms with Gasteiger partial charge in [-0.25, -0.2) is 0 Å². The first kappa shape index (κ1) is 15.4. The summed E-state index contributed by atoms with van der Waals surface area (Å²) < 4.78 is 0. The molecule has 1 atom stereocenters. The molecule has 1 aromatic rings. The number of hydrogen-bond acceptors (Lipinski definition) is 5. The van der Waals surface area contributed by atoms with E-state index in [0.717, 1.165) is 19.4 Å². The molecule has 1 unspecified atom stereocenters. The van der Waals surface area contributed by atoms with E-state index < -0.39 is 4.92 Å². The summed E-state index contributed by atoms with van der Waals surface area (Å²) >= 11 is 0. The second-order valence-corrected chi connectivity index (χ2v) is 5.26. The Morgan fingerprint density at radius 2 is 2.14 bits per heavy atom. The number of aliphatic hydroxyl groups is 1. The van der Waals surface area contributed by atoms with Crippen molar-refractivity contribution < 1.29 is 14.8 Å². The molecule has 1 aliphatic heterocycles. The second kappa shape index (κ2) is 6.64. The van der Waals surface area contributed by atoms with Gasteiger partial charge in [0.25, 0.3) is 5.69 Å². The highest BCUT2D eigenvalue weighted by atomic mass is 16.6. The highest BCUT2D eigenvalue weighted by Crippen LogP contribution is 2.19. The molecule has 1 saturated heterocycles. The molecule has 0 radical (unpaired) electrons. The number of carbonyl (C=O) groups is 1. The van der Waals surface area contributed by atoms with Gasteiger partial charge >= 0.3 is 0 Å². The number of amides is 1. The van der Waals surface area contributed by atoms with Crippen LogP contribution in [0.5, 0.6) is 0 Å². The normalized spacial score (nSPS) is 19.2. The minimum Gasteiger partial charge on any atom is -0.392 e. The van der Waals surface area contributed by atoms with Gasteiger partial charge in [-0.1, -0.05) is 0 Å². The Labute approximate surface area is 122 Å².